The van der Waals surface area contributed by atoms with Crippen molar-refractivity contribution in [3.05, 3.63) is 83.1 Å². The zero-order valence-electron chi connectivity index (χ0n) is 13.2. The SMILES string of the molecule is CCCCCC=C=Cc1ccccc1C#Cc1ccccc1. The maximum atomic E-state index is 3.28. The molecule has 0 bridgehead atoms. The highest BCUT2D eigenvalue weighted by molar-refractivity contribution is 5.59. The lowest BCUT2D eigenvalue weighted by atomic mass is 10.1. The van der Waals surface area contributed by atoms with Crippen molar-refractivity contribution in [1.82, 2.24) is 0 Å². The third-order valence-electron chi connectivity index (χ3n) is 3.38. The summed E-state index contributed by atoms with van der Waals surface area (Å²) >= 11 is 0. The molecule has 0 nitrogen and oxygen atoms in total. The van der Waals surface area contributed by atoms with E-state index in [1.165, 1.54) is 19.3 Å². The Kier molecular flexibility index (Phi) is 6.83. The maximum absolute atomic E-state index is 3.28. The number of unbranched alkanes of at least 4 members (excludes halogenated alkanes) is 3. The van der Waals surface area contributed by atoms with Crippen LogP contribution in [0.3, 0.4) is 0 Å². The molecule has 0 atom stereocenters. The largest absolute Gasteiger partial charge is 0.125 e. The average molecular weight is 286 g/mol. The van der Waals surface area contributed by atoms with E-state index in [1.54, 1.807) is 0 Å². The average Bonchev–Trinajstić information content (AvgIpc) is 2.58. The van der Waals surface area contributed by atoms with Gasteiger partial charge in [0.1, 0.15) is 0 Å². The molecule has 0 radical (unpaired) electrons. The van der Waals surface area contributed by atoms with Crippen LogP contribution in [0.25, 0.3) is 6.08 Å². The highest BCUT2D eigenvalue weighted by Crippen LogP contribution is 2.09. The molecule has 0 saturated heterocycles. The molecule has 0 aromatic heterocycles. The number of hydrogen-bond acceptors (Lipinski definition) is 0. The van der Waals surface area contributed by atoms with Crippen LogP contribution in [-0.2, 0) is 0 Å². The fraction of sp³-hybridized carbons (Fsp3) is 0.227. The van der Waals surface area contributed by atoms with Crippen molar-refractivity contribution in [2.24, 2.45) is 0 Å². The van der Waals surface area contributed by atoms with Crippen LogP contribution >= 0.6 is 0 Å². The minimum Gasteiger partial charge on any atom is -0.125 e. The van der Waals surface area contributed by atoms with Crippen LogP contribution in [-0.4, -0.2) is 0 Å². The van der Waals surface area contributed by atoms with E-state index in [9.17, 15) is 0 Å². The summed E-state index contributed by atoms with van der Waals surface area (Å²) in [5.74, 6) is 6.47. The highest BCUT2D eigenvalue weighted by Gasteiger charge is 1.93. The van der Waals surface area contributed by atoms with Crippen LogP contribution in [0.5, 0.6) is 0 Å². The smallest absolute Gasteiger partial charge is 0.0327 e. The van der Waals surface area contributed by atoms with Crippen molar-refractivity contribution in [3.8, 4) is 11.8 Å². The molecule has 0 N–H and O–H groups in total. The molecule has 0 unspecified atom stereocenters. The quantitative estimate of drug-likeness (QED) is 0.368. The molecular formula is C22H22. The van der Waals surface area contributed by atoms with E-state index in [-0.39, 0.29) is 0 Å². The minimum atomic E-state index is 1.04. The predicted octanol–water partition coefficient (Wildman–Crippen LogP) is 5.84. The van der Waals surface area contributed by atoms with Crippen molar-refractivity contribution in [2.75, 3.05) is 0 Å². The summed E-state index contributed by atoms with van der Waals surface area (Å²) in [6, 6.07) is 18.3. The van der Waals surface area contributed by atoms with Crippen LogP contribution in [0.4, 0.5) is 0 Å². The van der Waals surface area contributed by atoms with Gasteiger partial charge in [-0.15, -0.1) is 5.73 Å². The summed E-state index contributed by atoms with van der Waals surface area (Å²) in [4.78, 5) is 0. The van der Waals surface area contributed by atoms with Gasteiger partial charge in [0, 0.05) is 11.1 Å². The fourth-order valence-electron chi connectivity index (χ4n) is 2.13. The number of hydrogen-bond donors (Lipinski definition) is 0. The molecule has 2 rings (SSSR count). The second-order valence-corrected chi connectivity index (χ2v) is 5.21. The van der Waals surface area contributed by atoms with Gasteiger partial charge >= 0.3 is 0 Å². The van der Waals surface area contributed by atoms with Crippen LogP contribution < -0.4 is 0 Å². The number of allylic oxidation sites excluding steroid dienone is 1. The van der Waals surface area contributed by atoms with E-state index in [2.05, 4.69) is 42.7 Å². The Labute approximate surface area is 134 Å². The summed E-state index contributed by atoms with van der Waals surface area (Å²) in [5, 5.41) is 0. The molecule has 0 aliphatic carbocycles. The van der Waals surface area contributed by atoms with Gasteiger partial charge in [0.2, 0.25) is 0 Å². The van der Waals surface area contributed by atoms with Crippen LogP contribution in [0.15, 0.2) is 66.4 Å². The predicted molar refractivity (Wildman–Crippen MR) is 95.6 cm³/mol. The lowest BCUT2D eigenvalue weighted by molar-refractivity contribution is 0.729. The van der Waals surface area contributed by atoms with Gasteiger partial charge in [-0.05, 0) is 48.8 Å². The van der Waals surface area contributed by atoms with Gasteiger partial charge in [-0.2, -0.15) is 0 Å². The standard InChI is InChI=1S/C22H22/c1-2-3-4-5-6-10-15-21-16-11-12-17-22(21)19-18-20-13-8-7-9-14-20/h6-9,11-17H,2-5H2,1H3. The first-order valence-electron chi connectivity index (χ1n) is 7.97. The van der Waals surface area contributed by atoms with E-state index in [4.69, 9.17) is 0 Å². The third-order valence-corrected chi connectivity index (χ3v) is 3.38. The van der Waals surface area contributed by atoms with E-state index >= 15 is 0 Å². The minimum absolute atomic E-state index is 1.04. The summed E-state index contributed by atoms with van der Waals surface area (Å²) in [6.07, 6.45) is 9.04. The van der Waals surface area contributed by atoms with Crippen molar-refractivity contribution >= 4 is 6.08 Å². The molecule has 0 saturated carbocycles. The lowest BCUT2D eigenvalue weighted by Crippen LogP contribution is -1.81. The molecule has 2 aromatic rings. The van der Waals surface area contributed by atoms with Crippen LogP contribution in [0, 0.1) is 11.8 Å². The first kappa shape index (κ1) is 15.9. The first-order valence-corrected chi connectivity index (χ1v) is 7.97. The first-order chi connectivity index (χ1) is 10.9. The maximum Gasteiger partial charge on any atom is 0.0327 e. The number of rotatable bonds is 5. The van der Waals surface area contributed by atoms with Crippen molar-refractivity contribution in [3.63, 3.8) is 0 Å². The molecule has 0 aliphatic heterocycles. The van der Waals surface area contributed by atoms with Gasteiger partial charge in [-0.1, -0.05) is 68.0 Å². The van der Waals surface area contributed by atoms with E-state index in [0.29, 0.717) is 0 Å². The van der Waals surface area contributed by atoms with Gasteiger partial charge in [-0.3, -0.25) is 0 Å². The van der Waals surface area contributed by atoms with Gasteiger partial charge in [0.25, 0.3) is 0 Å². The monoisotopic (exact) mass is 286 g/mol. The lowest BCUT2D eigenvalue weighted by Gasteiger charge is -1.96. The summed E-state index contributed by atoms with van der Waals surface area (Å²) in [5.41, 5.74) is 6.48. The molecule has 22 heavy (non-hydrogen) atoms. The Hall–Kier alpha value is -2.48. The topological polar surface area (TPSA) is 0 Å². The van der Waals surface area contributed by atoms with Crippen molar-refractivity contribution < 1.29 is 0 Å². The van der Waals surface area contributed by atoms with Gasteiger partial charge in [0.05, 0.1) is 0 Å². The molecule has 110 valence electrons. The van der Waals surface area contributed by atoms with E-state index in [1.807, 2.05) is 48.5 Å². The summed E-state index contributed by atoms with van der Waals surface area (Å²) in [6.45, 7) is 2.22. The molecule has 0 heterocycles. The normalized spacial score (nSPS) is 9.32. The summed E-state index contributed by atoms with van der Waals surface area (Å²) < 4.78 is 0. The van der Waals surface area contributed by atoms with Crippen LogP contribution in [0.1, 0.15) is 49.3 Å². The fourth-order valence-corrected chi connectivity index (χ4v) is 2.13. The van der Waals surface area contributed by atoms with E-state index < -0.39 is 0 Å². The zero-order chi connectivity index (χ0) is 15.5. The highest BCUT2D eigenvalue weighted by atomic mass is 14.0. The molecule has 2 aromatic carbocycles. The van der Waals surface area contributed by atoms with Crippen LogP contribution in [0.2, 0.25) is 0 Å². The Morgan fingerprint density at radius 2 is 1.64 bits per heavy atom. The molecule has 0 fully saturated rings. The van der Waals surface area contributed by atoms with Crippen molar-refractivity contribution in [2.45, 2.75) is 32.6 Å². The summed E-state index contributed by atoms with van der Waals surface area (Å²) in [7, 11) is 0. The molecule has 0 amide bonds. The Morgan fingerprint density at radius 1 is 0.864 bits per heavy atom. The van der Waals surface area contributed by atoms with Gasteiger partial charge in [-0.25, -0.2) is 0 Å². The molecule has 0 aliphatic rings. The number of benzene rings is 2. The Bertz CT molecular complexity index is 690. The molecular weight excluding hydrogens is 264 g/mol. The molecule has 0 spiro atoms. The second kappa shape index (κ2) is 9.46. The zero-order valence-corrected chi connectivity index (χ0v) is 13.2. The van der Waals surface area contributed by atoms with Gasteiger partial charge < -0.3 is 0 Å². The Morgan fingerprint density at radius 3 is 2.45 bits per heavy atom. The van der Waals surface area contributed by atoms with E-state index in [0.717, 1.165) is 23.1 Å². The third kappa shape index (κ3) is 5.49. The van der Waals surface area contributed by atoms with Crippen molar-refractivity contribution in [1.29, 1.82) is 0 Å². The Balaban J connectivity index is 2.11. The van der Waals surface area contributed by atoms with Gasteiger partial charge in [0.15, 0.2) is 0 Å². The molecule has 0 heteroatoms. The second-order valence-electron chi connectivity index (χ2n) is 5.21.